The largest absolute Gasteiger partial charge is 0.460 e. The van der Waals surface area contributed by atoms with Gasteiger partial charge < -0.3 is 4.74 Å². The third-order valence-corrected chi connectivity index (χ3v) is 5.18. The molecular weight excluding hydrogens is 370 g/mol. The molecule has 2 aromatic carbocycles. The number of unbranched alkanes of at least 4 members (excludes halogenated alkanes) is 1. The first kappa shape index (κ1) is 21.5. The molecular formula is C27H29NO2. The average Bonchev–Trinajstić information content (AvgIpc) is 2.79. The fraction of sp³-hybridized carbons (Fsp3) is 0.259. The van der Waals surface area contributed by atoms with Gasteiger partial charge in [-0.05, 0) is 55.9 Å². The maximum absolute atomic E-state index is 12.6. The van der Waals surface area contributed by atoms with Crippen LogP contribution in [0.1, 0.15) is 49.8 Å². The molecule has 3 rings (SSSR count). The molecule has 0 bridgehead atoms. The molecule has 1 heterocycles. The van der Waals surface area contributed by atoms with Crippen molar-refractivity contribution in [2.24, 2.45) is 5.41 Å². The van der Waals surface area contributed by atoms with E-state index in [1.807, 2.05) is 74.6 Å². The summed E-state index contributed by atoms with van der Waals surface area (Å²) in [6.07, 6.45) is 8.49. The normalized spacial score (nSPS) is 11.9. The van der Waals surface area contributed by atoms with E-state index < -0.39 is 5.41 Å². The fourth-order valence-electron chi connectivity index (χ4n) is 3.35. The van der Waals surface area contributed by atoms with E-state index in [2.05, 4.69) is 29.3 Å². The lowest BCUT2D eigenvalue weighted by Crippen LogP contribution is -2.26. The predicted molar refractivity (Wildman–Crippen MR) is 122 cm³/mol. The van der Waals surface area contributed by atoms with Crippen LogP contribution in [0.2, 0.25) is 0 Å². The summed E-state index contributed by atoms with van der Waals surface area (Å²) in [5.41, 5.74) is 3.95. The Labute approximate surface area is 179 Å². The second-order valence-corrected chi connectivity index (χ2v) is 8.06. The quantitative estimate of drug-likeness (QED) is 0.306. The van der Waals surface area contributed by atoms with Crippen molar-refractivity contribution in [1.29, 1.82) is 0 Å². The van der Waals surface area contributed by atoms with Gasteiger partial charge in [0.05, 0.1) is 5.41 Å². The lowest BCUT2D eigenvalue weighted by atomic mass is 9.87. The number of nitrogens with zero attached hydrogens (tertiary/aromatic N) is 1. The van der Waals surface area contributed by atoms with Crippen LogP contribution in [0.15, 0.2) is 91.3 Å². The monoisotopic (exact) mass is 399 g/mol. The van der Waals surface area contributed by atoms with E-state index >= 15 is 0 Å². The van der Waals surface area contributed by atoms with Crippen molar-refractivity contribution in [2.75, 3.05) is 0 Å². The summed E-state index contributed by atoms with van der Waals surface area (Å²) in [6, 6.07) is 24.2. The summed E-state index contributed by atoms with van der Waals surface area (Å²) < 4.78 is 5.55. The Morgan fingerprint density at radius 2 is 1.60 bits per heavy atom. The Morgan fingerprint density at radius 3 is 2.27 bits per heavy atom. The molecule has 0 saturated carbocycles. The number of esters is 1. The highest BCUT2D eigenvalue weighted by atomic mass is 16.5. The maximum atomic E-state index is 12.6. The lowest BCUT2D eigenvalue weighted by Gasteiger charge is -2.22. The second-order valence-electron chi connectivity index (χ2n) is 8.06. The average molecular weight is 400 g/mol. The van der Waals surface area contributed by atoms with Gasteiger partial charge >= 0.3 is 5.97 Å². The van der Waals surface area contributed by atoms with Crippen molar-refractivity contribution in [1.82, 2.24) is 4.98 Å². The summed E-state index contributed by atoms with van der Waals surface area (Å²) in [6.45, 7) is 4.24. The van der Waals surface area contributed by atoms with E-state index in [9.17, 15) is 4.79 Å². The molecule has 30 heavy (non-hydrogen) atoms. The molecule has 3 heteroatoms. The number of allylic oxidation sites excluding steroid dienone is 1. The van der Waals surface area contributed by atoms with Crippen molar-refractivity contribution in [2.45, 2.75) is 39.7 Å². The number of hydrogen-bond donors (Lipinski definition) is 0. The van der Waals surface area contributed by atoms with Crippen LogP contribution in [0.4, 0.5) is 0 Å². The smallest absolute Gasteiger partial charge is 0.311 e. The van der Waals surface area contributed by atoms with Gasteiger partial charge in [-0.15, -0.1) is 0 Å². The summed E-state index contributed by atoms with van der Waals surface area (Å²) in [5, 5.41) is 0. The van der Waals surface area contributed by atoms with Crippen LogP contribution in [0.25, 0.3) is 5.57 Å². The first-order valence-electron chi connectivity index (χ1n) is 10.4. The number of ether oxygens (including phenoxy) is 1. The van der Waals surface area contributed by atoms with Crippen molar-refractivity contribution in [3.05, 3.63) is 108 Å². The van der Waals surface area contributed by atoms with Crippen molar-refractivity contribution in [3.8, 4) is 0 Å². The highest BCUT2D eigenvalue weighted by Gasteiger charge is 2.28. The molecule has 3 aromatic rings. The molecule has 0 atom stereocenters. The standard InChI is InChI=1S/C27H29NO2/c1-27(2,26(29)30-21-22-12-5-3-6-13-22)18-10-9-17-25(23-14-7-4-8-15-23)24-16-11-19-28-20-24/h3-8,11-17,19-20H,9-10,18,21H2,1-2H3/b25-17+. The molecule has 0 unspecified atom stereocenters. The Hall–Kier alpha value is -3.20. The van der Waals surface area contributed by atoms with Gasteiger partial charge in [-0.25, -0.2) is 0 Å². The molecule has 0 aliphatic heterocycles. The molecule has 154 valence electrons. The molecule has 0 amide bonds. The Kier molecular flexibility index (Phi) is 7.56. The van der Waals surface area contributed by atoms with E-state index in [4.69, 9.17) is 4.74 Å². The van der Waals surface area contributed by atoms with Crippen LogP contribution < -0.4 is 0 Å². The van der Waals surface area contributed by atoms with Crippen LogP contribution in [0.3, 0.4) is 0 Å². The molecule has 1 aromatic heterocycles. The maximum Gasteiger partial charge on any atom is 0.311 e. The zero-order chi connectivity index (χ0) is 21.2. The van der Waals surface area contributed by atoms with Gasteiger partial charge in [0.25, 0.3) is 0 Å². The highest BCUT2D eigenvalue weighted by molar-refractivity contribution is 5.79. The zero-order valence-corrected chi connectivity index (χ0v) is 17.8. The first-order valence-corrected chi connectivity index (χ1v) is 10.4. The first-order chi connectivity index (χ1) is 14.6. The minimum atomic E-state index is -0.510. The fourth-order valence-corrected chi connectivity index (χ4v) is 3.35. The van der Waals surface area contributed by atoms with E-state index in [-0.39, 0.29) is 5.97 Å². The molecule has 0 radical (unpaired) electrons. The van der Waals surface area contributed by atoms with Gasteiger partial charge in [-0.3, -0.25) is 9.78 Å². The SMILES string of the molecule is CC(C)(CCC/C=C(\c1ccccc1)c1cccnc1)C(=O)OCc1ccccc1. The molecule has 0 fully saturated rings. The Balaban J connectivity index is 1.58. The van der Waals surface area contributed by atoms with Crippen LogP contribution in [0.5, 0.6) is 0 Å². The topological polar surface area (TPSA) is 39.2 Å². The van der Waals surface area contributed by atoms with Gasteiger partial charge in [-0.1, -0.05) is 72.8 Å². The second kappa shape index (κ2) is 10.5. The van der Waals surface area contributed by atoms with Gasteiger partial charge in [0.2, 0.25) is 0 Å². The molecule has 0 aliphatic carbocycles. The van der Waals surface area contributed by atoms with Crippen molar-refractivity contribution in [3.63, 3.8) is 0 Å². The number of hydrogen-bond acceptors (Lipinski definition) is 3. The van der Waals surface area contributed by atoms with E-state index in [0.29, 0.717) is 6.61 Å². The molecule has 0 aliphatic rings. The minimum Gasteiger partial charge on any atom is -0.460 e. The van der Waals surface area contributed by atoms with Gasteiger partial charge in [0.15, 0.2) is 0 Å². The third-order valence-electron chi connectivity index (χ3n) is 5.18. The Bertz CT molecular complexity index is 906. The number of aromatic nitrogens is 1. The predicted octanol–water partition coefficient (Wildman–Crippen LogP) is 6.45. The molecule has 0 saturated heterocycles. The number of carbonyl (C=O) groups excluding carboxylic acids is 1. The number of benzene rings is 2. The highest BCUT2D eigenvalue weighted by Crippen LogP contribution is 2.28. The van der Waals surface area contributed by atoms with Gasteiger partial charge in [-0.2, -0.15) is 0 Å². The van der Waals surface area contributed by atoms with Gasteiger partial charge in [0, 0.05) is 18.0 Å². The zero-order valence-electron chi connectivity index (χ0n) is 17.8. The minimum absolute atomic E-state index is 0.147. The van der Waals surface area contributed by atoms with Crippen LogP contribution >= 0.6 is 0 Å². The molecule has 3 nitrogen and oxygen atoms in total. The molecule has 0 spiro atoms. The summed E-state index contributed by atoms with van der Waals surface area (Å²) >= 11 is 0. The summed E-state index contributed by atoms with van der Waals surface area (Å²) in [7, 11) is 0. The van der Waals surface area contributed by atoms with E-state index in [0.717, 1.165) is 30.4 Å². The summed E-state index contributed by atoms with van der Waals surface area (Å²) in [4.78, 5) is 16.8. The summed E-state index contributed by atoms with van der Waals surface area (Å²) in [5.74, 6) is -0.147. The third kappa shape index (κ3) is 6.15. The van der Waals surface area contributed by atoms with E-state index in [1.54, 1.807) is 6.20 Å². The van der Waals surface area contributed by atoms with Crippen LogP contribution in [-0.4, -0.2) is 11.0 Å². The van der Waals surface area contributed by atoms with Crippen LogP contribution in [0, 0.1) is 5.41 Å². The Morgan fingerprint density at radius 1 is 0.933 bits per heavy atom. The number of pyridine rings is 1. The lowest BCUT2D eigenvalue weighted by molar-refractivity contribution is -0.155. The molecule has 0 N–H and O–H groups in total. The van der Waals surface area contributed by atoms with Crippen LogP contribution in [-0.2, 0) is 16.1 Å². The van der Waals surface area contributed by atoms with Crippen molar-refractivity contribution >= 4 is 11.5 Å². The van der Waals surface area contributed by atoms with Gasteiger partial charge in [0.1, 0.15) is 6.61 Å². The van der Waals surface area contributed by atoms with Crippen molar-refractivity contribution < 1.29 is 9.53 Å². The number of rotatable bonds is 9. The van der Waals surface area contributed by atoms with E-state index in [1.165, 1.54) is 11.1 Å². The number of carbonyl (C=O) groups is 1.